The number of rotatable bonds is 7. The average molecular weight is 458 g/mol. The lowest BCUT2D eigenvalue weighted by molar-refractivity contribution is -0.111. The summed E-state index contributed by atoms with van der Waals surface area (Å²) in [6.45, 7) is 5.15. The highest BCUT2D eigenvalue weighted by Gasteiger charge is 2.27. The number of fused-ring (bicyclic) bond motifs is 1. The molecule has 31 heavy (non-hydrogen) atoms. The van der Waals surface area contributed by atoms with Gasteiger partial charge in [-0.05, 0) is 54.2 Å². The van der Waals surface area contributed by atoms with E-state index in [-0.39, 0.29) is 17.9 Å². The Hall–Kier alpha value is -2.63. The highest BCUT2D eigenvalue weighted by atomic mass is 32.1. The number of carbonyl (C=O) groups excluding carboxylic acids is 2. The van der Waals surface area contributed by atoms with E-state index in [1.165, 1.54) is 17.4 Å². The smallest absolute Gasteiger partial charge is 0.409 e. The largest absolute Gasteiger partial charge is 0.449 e. The molecule has 0 saturated heterocycles. The van der Waals surface area contributed by atoms with Gasteiger partial charge in [0, 0.05) is 29.4 Å². The van der Waals surface area contributed by atoms with Gasteiger partial charge in [0.1, 0.15) is 11.1 Å². The molecule has 1 aliphatic carbocycles. The van der Waals surface area contributed by atoms with Crippen LogP contribution in [0.2, 0.25) is 0 Å². The van der Waals surface area contributed by atoms with Gasteiger partial charge in [-0.2, -0.15) is 5.26 Å². The lowest BCUT2D eigenvalue weighted by Gasteiger charge is -2.24. The highest BCUT2D eigenvalue weighted by Crippen LogP contribution is 2.39. The minimum Gasteiger partial charge on any atom is -0.449 e. The van der Waals surface area contributed by atoms with Crippen LogP contribution in [0.4, 0.5) is 9.80 Å². The van der Waals surface area contributed by atoms with E-state index in [0.29, 0.717) is 29.6 Å². The molecule has 164 valence electrons. The molecule has 2 amide bonds. The third-order valence-corrected chi connectivity index (χ3v) is 7.06. The summed E-state index contributed by atoms with van der Waals surface area (Å²) in [5, 5.41) is 15.1. The molecular weight excluding hydrogens is 430 g/mol. The molecule has 0 fully saturated rings. The second-order valence-electron chi connectivity index (χ2n) is 8.12. The third-order valence-electron chi connectivity index (χ3n) is 5.05. The molecule has 0 radical (unpaired) electrons. The normalized spacial score (nSPS) is 15.5. The predicted molar refractivity (Wildman–Crippen MR) is 125 cm³/mol. The van der Waals surface area contributed by atoms with Crippen molar-refractivity contribution in [3.8, 4) is 6.07 Å². The van der Waals surface area contributed by atoms with Gasteiger partial charge in [0.15, 0.2) is 0 Å². The maximum absolute atomic E-state index is 12.3. The van der Waals surface area contributed by atoms with Crippen molar-refractivity contribution >= 4 is 45.8 Å². The highest BCUT2D eigenvalue weighted by molar-refractivity contribution is 7.16. The van der Waals surface area contributed by atoms with Crippen molar-refractivity contribution in [1.29, 1.82) is 5.26 Å². The van der Waals surface area contributed by atoms with Crippen molar-refractivity contribution in [2.24, 2.45) is 11.8 Å². The van der Waals surface area contributed by atoms with Gasteiger partial charge >= 0.3 is 6.09 Å². The molecule has 0 spiro atoms. The summed E-state index contributed by atoms with van der Waals surface area (Å²) in [7, 11) is 1.75. The molecule has 1 aliphatic rings. The summed E-state index contributed by atoms with van der Waals surface area (Å²) >= 11 is 3.01. The van der Waals surface area contributed by atoms with E-state index in [0.717, 1.165) is 34.6 Å². The summed E-state index contributed by atoms with van der Waals surface area (Å²) < 4.78 is 5.50. The van der Waals surface area contributed by atoms with Crippen molar-refractivity contribution < 1.29 is 14.3 Å². The standard InChI is InChI=1S/C23H27N3O3S2/c1-15(2)13-26(3)23(28)29-14-16-6-8-18-19(12-24)22(31-20(18)11-16)25-21(27)9-7-17-5-4-10-30-17/h4-5,7,9-10,15-16H,6,8,11,13-14H2,1-3H3,(H,25,27)/b9-7+. The third kappa shape index (κ3) is 6.18. The lowest BCUT2D eigenvalue weighted by atomic mass is 9.88. The number of hydrogen-bond donors (Lipinski definition) is 1. The first-order valence-electron chi connectivity index (χ1n) is 10.3. The van der Waals surface area contributed by atoms with Crippen molar-refractivity contribution in [2.45, 2.75) is 33.1 Å². The number of ether oxygens (including phenoxy) is 1. The maximum Gasteiger partial charge on any atom is 0.409 e. The fraction of sp³-hybridized carbons (Fsp3) is 0.435. The molecule has 1 atom stereocenters. The van der Waals surface area contributed by atoms with Gasteiger partial charge in [-0.25, -0.2) is 4.79 Å². The summed E-state index contributed by atoms with van der Waals surface area (Å²) in [6, 6.07) is 6.13. The van der Waals surface area contributed by atoms with E-state index in [2.05, 4.69) is 25.2 Å². The van der Waals surface area contributed by atoms with Gasteiger partial charge < -0.3 is 15.0 Å². The maximum atomic E-state index is 12.3. The van der Waals surface area contributed by atoms with E-state index < -0.39 is 0 Å². The van der Waals surface area contributed by atoms with E-state index in [1.54, 1.807) is 29.4 Å². The second kappa shape index (κ2) is 10.6. The van der Waals surface area contributed by atoms with Crippen LogP contribution < -0.4 is 5.32 Å². The first-order chi connectivity index (χ1) is 14.9. The van der Waals surface area contributed by atoms with Crippen LogP contribution in [0.5, 0.6) is 0 Å². The van der Waals surface area contributed by atoms with Crippen molar-refractivity contribution in [1.82, 2.24) is 4.90 Å². The molecule has 0 aliphatic heterocycles. The van der Waals surface area contributed by atoms with E-state index in [1.807, 2.05) is 17.5 Å². The van der Waals surface area contributed by atoms with Gasteiger partial charge in [-0.15, -0.1) is 22.7 Å². The van der Waals surface area contributed by atoms with E-state index >= 15 is 0 Å². The number of nitrogens with one attached hydrogen (secondary N) is 1. The molecule has 8 heteroatoms. The zero-order valence-electron chi connectivity index (χ0n) is 18.0. The van der Waals surface area contributed by atoms with E-state index in [4.69, 9.17) is 4.74 Å². The Morgan fingerprint density at radius 1 is 1.45 bits per heavy atom. The Labute approximate surface area is 191 Å². The average Bonchev–Trinajstić information content (AvgIpc) is 3.36. The van der Waals surface area contributed by atoms with Gasteiger partial charge in [0.25, 0.3) is 0 Å². The van der Waals surface area contributed by atoms with Gasteiger partial charge in [-0.1, -0.05) is 19.9 Å². The molecular formula is C23H27N3O3S2. The zero-order valence-corrected chi connectivity index (χ0v) is 19.6. The number of anilines is 1. The molecule has 0 bridgehead atoms. The first kappa shape index (κ1) is 23.0. The Morgan fingerprint density at radius 3 is 2.94 bits per heavy atom. The van der Waals surface area contributed by atoms with Crippen LogP contribution in [0.1, 0.15) is 41.1 Å². The second-order valence-corrected chi connectivity index (χ2v) is 10.2. The fourth-order valence-electron chi connectivity index (χ4n) is 3.62. The molecule has 6 nitrogen and oxygen atoms in total. The number of nitrogens with zero attached hydrogens (tertiary/aromatic N) is 2. The fourth-order valence-corrected chi connectivity index (χ4v) is 5.56. The predicted octanol–water partition coefficient (Wildman–Crippen LogP) is 5.16. The van der Waals surface area contributed by atoms with Crippen LogP contribution in [-0.2, 0) is 22.4 Å². The Bertz CT molecular complexity index is 987. The van der Waals surface area contributed by atoms with Gasteiger partial charge in [0.05, 0.1) is 12.2 Å². The van der Waals surface area contributed by atoms with E-state index in [9.17, 15) is 14.9 Å². The topological polar surface area (TPSA) is 82.4 Å². The number of amides is 2. The first-order valence-corrected chi connectivity index (χ1v) is 12.0. The molecule has 1 N–H and O–H groups in total. The molecule has 0 saturated carbocycles. The molecule has 2 aromatic rings. The summed E-state index contributed by atoms with van der Waals surface area (Å²) in [5.74, 6) is 0.359. The molecule has 1 unspecified atom stereocenters. The van der Waals surface area contributed by atoms with Crippen LogP contribution >= 0.6 is 22.7 Å². The van der Waals surface area contributed by atoms with Crippen molar-refractivity contribution in [3.63, 3.8) is 0 Å². The van der Waals surface area contributed by atoms with Crippen LogP contribution in [0.15, 0.2) is 23.6 Å². The SMILES string of the molecule is CC(C)CN(C)C(=O)OCC1CCc2c(sc(NC(=O)/C=C/c3cccs3)c2C#N)C1. The molecule has 2 aromatic heterocycles. The Balaban J connectivity index is 1.60. The monoisotopic (exact) mass is 457 g/mol. The lowest BCUT2D eigenvalue weighted by Crippen LogP contribution is -2.32. The Morgan fingerprint density at radius 2 is 2.26 bits per heavy atom. The van der Waals surface area contributed by atoms with Crippen LogP contribution in [0, 0.1) is 23.2 Å². The van der Waals surface area contributed by atoms with Crippen molar-refractivity contribution in [3.05, 3.63) is 44.5 Å². The summed E-state index contributed by atoms with van der Waals surface area (Å²) in [5.41, 5.74) is 1.58. The molecule has 0 aromatic carbocycles. The number of carbonyl (C=O) groups is 2. The van der Waals surface area contributed by atoms with Gasteiger partial charge in [-0.3, -0.25) is 4.79 Å². The molecule has 2 heterocycles. The summed E-state index contributed by atoms with van der Waals surface area (Å²) in [4.78, 5) is 28.2. The number of hydrogen-bond acceptors (Lipinski definition) is 6. The quantitative estimate of drug-likeness (QED) is 0.582. The minimum atomic E-state index is -0.297. The Kier molecular flexibility index (Phi) is 7.88. The van der Waals surface area contributed by atoms with Crippen LogP contribution in [0.25, 0.3) is 6.08 Å². The molecule has 3 rings (SSSR count). The number of nitriles is 1. The minimum absolute atomic E-state index is 0.219. The summed E-state index contributed by atoms with van der Waals surface area (Å²) in [6.07, 6.45) is 5.30. The van der Waals surface area contributed by atoms with Gasteiger partial charge in [0.2, 0.25) is 5.91 Å². The van der Waals surface area contributed by atoms with Crippen LogP contribution in [0.3, 0.4) is 0 Å². The van der Waals surface area contributed by atoms with Crippen molar-refractivity contribution in [2.75, 3.05) is 25.5 Å². The number of thiophene rings is 2. The zero-order chi connectivity index (χ0) is 22.4. The van der Waals surface area contributed by atoms with Crippen LogP contribution in [-0.4, -0.2) is 37.1 Å².